The highest BCUT2D eigenvalue weighted by atomic mass is 19.3. The lowest BCUT2D eigenvalue weighted by Gasteiger charge is -2.19. The maximum atomic E-state index is 12.4. The zero-order chi connectivity index (χ0) is 11.4. The van der Waals surface area contributed by atoms with Crippen LogP contribution in [0, 0.1) is 0 Å². The van der Waals surface area contributed by atoms with E-state index in [1.165, 1.54) is 12.4 Å². The maximum Gasteiger partial charge on any atom is 0.280 e. The van der Waals surface area contributed by atoms with E-state index in [2.05, 4.69) is 27.4 Å². The van der Waals surface area contributed by atoms with E-state index in [0.29, 0.717) is 5.82 Å². The quantitative estimate of drug-likeness (QED) is 0.804. The van der Waals surface area contributed by atoms with Crippen LogP contribution in [0.4, 0.5) is 14.6 Å². The number of anilines is 1. The van der Waals surface area contributed by atoms with E-state index < -0.39 is 6.43 Å². The van der Waals surface area contributed by atoms with Crippen LogP contribution in [0.2, 0.25) is 0 Å². The largest absolute Gasteiger partial charge is 0.367 e. The van der Waals surface area contributed by atoms with Crippen molar-refractivity contribution in [3.63, 3.8) is 0 Å². The average Bonchev–Trinajstić information content (AvgIpc) is 2.30. The smallest absolute Gasteiger partial charge is 0.280 e. The zero-order valence-electron chi connectivity index (χ0n) is 8.74. The first kappa shape index (κ1) is 11.0. The van der Waals surface area contributed by atoms with Gasteiger partial charge in [-0.15, -0.1) is 0 Å². The van der Waals surface area contributed by atoms with Crippen molar-refractivity contribution in [2.45, 2.75) is 31.7 Å². The SMILES string of the molecule is FC(F)c1cc(NC2CC=CCC2)ncn1. The molecule has 0 aliphatic heterocycles. The van der Waals surface area contributed by atoms with Crippen LogP contribution in [0.3, 0.4) is 0 Å². The van der Waals surface area contributed by atoms with Crippen molar-refractivity contribution >= 4 is 5.82 Å². The minimum atomic E-state index is -2.55. The number of allylic oxidation sites excluding steroid dienone is 1. The highest BCUT2D eigenvalue weighted by Gasteiger charge is 2.13. The van der Waals surface area contributed by atoms with Gasteiger partial charge in [-0.05, 0) is 19.3 Å². The van der Waals surface area contributed by atoms with Crippen molar-refractivity contribution in [3.8, 4) is 0 Å². The van der Waals surface area contributed by atoms with Crippen molar-refractivity contribution in [2.75, 3.05) is 5.32 Å². The molecule has 0 saturated carbocycles. The fourth-order valence-electron chi connectivity index (χ4n) is 1.70. The summed E-state index contributed by atoms with van der Waals surface area (Å²) in [5.41, 5.74) is -0.233. The summed E-state index contributed by atoms with van der Waals surface area (Å²) in [6.45, 7) is 0. The number of aromatic nitrogens is 2. The number of nitrogens with zero attached hydrogens (tertiary/aromatic N) is 2. The Bertz CT molecular complexity index is 379. The molecule has 1 aliphatic rings. The van der Waals surface area contributed by atoms with Gasteiger partial charge in [0.15, 0.2) is 0 Å². The first-order chi connectivity index (χ1) is 7.75. The molecular formula is C11H13F2N3. The number of rotatable bonds is 3. The van der Waals surface area contributed by atoms with Crippen LogP contribution >= 0.6 is 0 Å². The molecule has 0 amide bonds. The van der Waals surface area contributed by atoms with Crippen LogP contribution in [-0.2, 0) is 0 Å². The van der Waals surface area contributed by atoms with Gasteiger partial charge >= 0.3 is 0 Å². The van der Waals surface area contributed by atoms with Gasteiger partial charge in [-0.25, -0.2) is 18.7 Å². The third kappa shape index (κ3) is 2.74. The predicted octanol–water partition coefficient (Wildman–Crippen LogP) is 2.93. The summed E-state index contributed by atoms with van der Waals surface area (Å²) in [4.78, 5) is 7.45. The lowest BCUT2D eigenvalue weighted by atomic mass is 10.0. The van der Waals surface area contributed by atoms with Gasteiger partial charge in [0.1, 0.15) is 17.8 Å². The Hall–Kier alpha value is -1.52. The number of hydrogen-bond acceptors (Lipinski definition) is 3. The fraction of sp³-hybridized carbons (Fsp3) is 0.455. The molecule has 5 heteroatoms. The van der Waals surface area contributed by atoms with Gasteiger partial charge in [0, 0.05) is 12.1 Å². The Morgan fingerprint density at radius 1 is 1.31 bits per heavy atom. The molecule has 1 unspecified atom stereocenters. The third-order valence-electron chi connectivity index (χ3n) is 2.53. The number of alkyl halides is 2. The van der Waals surface area contributed by atoms with E-state index in [9.17, 15) is 8.78 Å². The Morgan fingerprint density at radius 3 is 2.88 bits per heavy atom. The van der Waals surface area contributed by atoms with Crippen molar-refractivity contribution in [1.82, 2.24) is 9.97 Å². The number of hydrogen-bond donors (Lipinski definition) is 1. The monoisotopic (exact) mass is 225 g/mol. The van der Waals surface area contributed by atoms with Gasteiger partial charge in [0.05, 0.1) is 0 Å². The van der Waals surface area contributed by atoms with Crippen molar-refractivity contribution in [1.29, 1.82) is 0 Å². The van der Waals surface area contributed by atoms with Gasteiger partial charge in [0.2, 0.25) is 0 Å². The molecule has 0 saturated heterocycles. The second-order valence-corrected chi connectivity index (χ2v) is 3.75. The molecule has 0 bridgehead atoms. The third-order valence-corrected chi connectivity index (χ3v) is 2.53. The molecule has 1 heterocycles. The summed E-state index contributed by atoms with van der Waals surface area (Å²) >= 11 is 0. The van der Waals surface area contributed by atoms with E-state index in [1.807, 2.05) is 0 Å². The zero-order valence-corrected chi connectivity index (χ0v) is 8.74. The van der Waals surface area contributed by atoms with Crippen LogP contribution in [0.5, 0.6) is 0 Å². The molecule has 0 fully saturated rings. The van der Waals surface area contributed by atoms with E-state index in [1.54, 1.807) is 0 Å². The molecule has 16 heavy (non-hydrogen) atoms. The van der Waals surface area contributed by atoms with Crippen LogP contribution in [-0.4, -0.2) is 16.0 Å². The van der Waals surface area contributed by atoms with Crippen LogP contribution in [0.15, 0.2) is 24.5 Å². The molecule has 1 aliphatic carbocycles. The second-order valence-electron chi connectivity index (χ2n) is 3.75. The molecule has 86 valence electrons. The van der Waals surface area contributed by atoms with Gasteiger partial charge in [-0.2, -0.15) is 0 Å². The first-order valence-electron chi connectivity index (χ1n) is 5.27. The Labute approximate surface area is 92.6 Å². The first-order valence-corrected chi connectivity index (χ1v) is 5.27. The Morgan fingerprint density at radius 2 is 2.19 bits per heavy atom. The summed E-state index contributed by atoms with van der Waals surface area (Å²) in [6, 6.07) is 1.59. The molecule has 1 N–H and O–H groups in total. The molecule has 0 radical (unpaired) electrons. The van der Waals surface area contributed by atoms with Gasteiger partial charge in [0.25, 0.3) is 6.43 Å². The molecule has 1 aromatic rings. The normalized spacial score (nSPS) is 20.1. The van der Waals surface area contributed by atoms with E-state index in [4.69, 9.17) is 0 Å². The Kier molecular flexibility index (Phi) is 3.44. The van der Waals surface area contributed by atoms with Gasteiger partial charge < -0.3 is 5.32 Å². The van der Waals surface area contributed by atoms with Crippen molar-refractivity contribution in [2.24, 2.45) is 0 Å². The van der Waals surface area contributed by atoms with Crippen molar-refractivity contribution < 1.29 is 8.78 Å². The highest BCUT2D eigenvalue weighted by Crippen LogP contribution is 2.20. The van der Waals surface area contributed by atoms with E-state index >= 15 is 0 Å². The second kappa shape index (κ2) is 5.01. The molecule has 1 aromatic heterocycles. The summed E-state index contributed by atoms with van der Waals surface area (Å²) in [5.74, 6) is 0.477. The Balaban J connectivity index is 2.03. The summed E-state index contributed by atoms with van der Waals surface area (Å²) in [6.07, 6.45) is 5.78. The highest BCUT2D eigenvalue weighted by molar-refractivity contribution is 5.36. The number of halogens is 2. The van der Waals surface area contributed by atoms with Crippen LogP contribution in [0.25, 0.3) is 0 Å². The fourth-order valence-corrected chi connectivity index (χ4v) is 1.70. The lowest BCUT2D eigenvalue weighted by Crippen LogP contribution is -2.21. The summed E-state index contributed by atoms with van der Waals surface area (Å²) in [7, 11) is 0. The predicted molar refractivity (Wildman–Crippen MR) is 57.4 cm³/mol. The lowest BCUT2D eigenvalue weighted by molar-refractivity contribution is 0.146. The minimum absolute atomic E-state index is 0.233. The van der Waals surface area contributed by atoms with Crippen LogP contribution < -0.4 is 5.32 Å². The van der Waals surface area contributed by atoms with Crippen LogP contribution in [0.1, 0.15) is 31.4 Å². The molecular weight excluding hydrogens is 212 g/mol. The molecule has 0 spiro atoms. The minimum Gasteiger partial charge on any atom is -0.367 e. The standard InChI is InChI=1S/C11H13F2N3/c12-11(13)9-6-10(15-7-14-9)16-8-4-2-1-3-5-8/h1-2,6-8,11H,3-5H2,(H,14,15,16). The molecule has 0 aromatic carbocycles. The average molecular weight is 225 g/mol. The topological polar surface area (TPSA) is 37.8 Å². The van der Waals surface area contributed by atoms with Gasteiger partial charge in [-0.1, -0.05) is 12.2 Å². The molecule has 2 rings (SSSR count). The van der Waals surface area contributed by atoms with Crippen molar-refractivity contribution in [3.05, 3.63) is 30.2 Å². The maximum absolute atomic E-state index is 12.4. The summed E-state index contributed by atoms with van der Waals surface area (Å²) < 4.78 is 24.8. The van der Waals surface area contributed by atoms with E-state index in [0.717, 1.165) is 19.3 Å². The molecule has 1 atom stereocenters. The number of nitrogens with one attached hydrogen (secondary N) is 1. The summed E-state index contributed by atoms with van der Waals surface area (Å²) in [5, 5.41) is 3.14. The molecule has 3 nitrogen and oxygen atoms in total. The van der Waals surface area contributed by atoms with E-state index in [-0.39, 0.29) is 11.7 Å². The van der Waals surface area contributed by atoms with Gasteiger partial charge in [-0.3, -0.25) is 0 Å².